The molecule has 0 aliphatic heterocycles. The van der Waals surface area contributed by atoms with Crippen LogP contribution < -0.4 is 11.1 Å². The van der Waals surface area contributed by atoms with Crippen molar-refractivity contribution in [2.45, 2.75) is 31.7 Å². The minimum Gasteiger partial charge on any atom is -0.329 e. The van der Waals surface area contributed by atoms with E-state index in [1.54, 1.807) is 0 Å². The summed E-state index contributed by atoms with van der Waals surface area (Å²) in [6.45, 7) is 1.70. The lowest BCUT2D eigenvalue weighted by Crippen LogP contribution is -2.28. The molecule has 16 heavy (non-hydrogen) atoms. The number of nitrogens with one attached hydrogen (secondary N) is 1. The number of aromatic nitrogens is 2. The van der Waals surface area contributed by atoms with Crippen molar-refractivity contribution in [2.75, 3.05) is 13.1 Å². The van der Waals surface area contributed by atoms with Gasteiger partial charge < -0.3 is 11.1 Å². The first kappa shape index (κ1) is 11.6. The van der Waals surface area contributed by atoms with Gasteiger partial charge in [-0.1, -0.05) is 12.8 Å². The zero-order valence-electron chi connectivity index (χ0n) is 10.0. The Bertz CT molecular complexity index is 317. The number of nitrogens with zero attached hydrogens (tertiary/aromatic N) is 2. The molecular formula is C12H22N4. The smallest absolute Gasteiger partial charge is 0.0538 e. The van der Waals surface area contributed by atoms with E-state index in [-0.39, 0.29) is 6.04 Å². The number of rotatable bonds is 7. The van der Waals surface area contributed by atoms with Crippen LogP contribution in [0.25, 0.3) is 0 Å². The van der Waals surface area contributed by atoms with Crippen LogP contribution in [0.5, 0.6) is 0 Å². The van der Waals surface area contributed by atoms with E-state index in [4.69, 9.17) is 5.73 Å². The largest absolute Gasteiger partial charge is 0.329 e. The van der Waals surface area contributed by atoms with Gasteiger partial charge in [-0.05, 0) is 25.3 Å². The van der Waals surface area contributed by atoms with Crippen molar-refractivity contribution in [2.24, 2.45) is 18.7 Å². The van der Waals surface area contributed by atoms with E-state index >= 15 is 0 Å². The highest BCUT2D eigenvalue weighted by Crippen LogP contribution is 2.33. The Morgan fingerprint density at radius 1 is 1.62 bits per heavy atom. The van der Waals surface area contributed by atoms with E-state index in [9.17, 15) is 0 Å². The molecule has 1 saturated carbocycles. The van der Waals surface area contributed by atoms with Crippen LogP contribution in [0.4, 0.5) is 0 Å². The molecule has 1 heterocycles. The number of hydrogen-bond donors (Lipinski definition) is 2. The summed E-state index contributed by atoms with van der Waals surface area (Å²) in [5.74, 6) is 1.02. The van der Waals surface area contributed by atoms with Crippen molar-refractivity contribution < 1.29 is 0 Å². The molecular weight excluding hydrogens is 200 g/mol. The fourth-order valence-corrected chi connectivity index (χ4v) is 2.03. The molecule has 1 aromatic heterocycles. The second-order valence-electron chi connectivity index (χ2n) is 4.78. The van der Waals surface area contributed by atoms with Gasteiger partial charge in [-0.15, -0.1) is 0 Å². The third-order valence-electron chi connectivity index (χ3n) is 3.24. The zero-order chi connectivity index (χ0) is 11.4. The molecule has 1 atom stereocenters. The lowest BCUT2D eigenvalue weighted by atomic mass is 10.1. The SMILES string of the molecule is Cn1cc(C(CN)NCCCC2CC2)cn1. The maximum atomic E-state index is 5.77. The Labute approximate surface area is 97.2 Å². The predicted molar refractivity (Wildman–Crippen MR) is 65.0 cm³/mol. The number of hydrogen-bond acceptors (Lipinski definition) is 3. The van der Waals surface area contributed by atoms with Crippen LogP contribution >= 0.6 is 0 Å². The standard InChI is InChI=1S/C12H22N4/c1-16-9-11(8-15-16)12(7-13)14-6-2-3-10-4-5-10/h8-10,12,14H,2-7,13H2,1H3. The molecule has 0 spiro atoms. The summed E-state index contributed by atoms with van der Waals surface area (Å²) >= 11 is 0. The minimum absolute atomic E-state index is 0.257. The topological polar surface area (TPSA) is 55.9 Å². The predicted octanol–water partition coefficient (Wildman–Crippen LogP) is 1.20. The van der Waals surface area contributed by atoms with Crippen molar-refractivity contribution in [1.82, 2.24) is 15.1 Å². The summed E-state index contributed by atoms with van der Waals surface area (Å²) in [5.41, 5.74) is 6.96. The van der Waals surface area contributed by atoms with Gasteiger partial charge in [0, 0.05) is 31.4 Å². The average molecular weight is 222 g/mol. The van der Waals surface area contributed by atoms with E-state index < -0.39 is 0 Å². The first-order chi connectivity index (χ1) is 7.79. The molecule has 1 aromatic rings. The maximum absolute atomic E-state index is 5.77. The van der Waals surface area contributed by atoms with Gasteiger partial charge in [0.1, 0.15) is 0 Å². The molecule has 2 rings (SSSR count). The van der Waals surface area contributed by atoms with Crippen molar-refractivity contribution in [1.29, 1.82) is 0 Å². The quantitative estimate of drug-likeness (QED) is 0.682. The Kier molecular flexibility index (Phi) is 3.96. The second kappa shape index (κ2) is 5.46. The third-order valence-corrected chi connectivity index (χ3v) is 3.24. The molecule has 1 aliphatic carbocycles. The molecule has 0 bridgehead atoms. The Hall–Kier alpha value is -0.870. The van der Waals surface area contributed by atoms with Gasteiger partial charge >= 0.3 is 0 Å². The summed E-state index contributed by atoms with van der Waals surface area (Å²) < 4.78 is 1.82. The molecule has 4 nitrogen and oxygen atoms in total. The second-order valence-corrected chi connectivity index (χ2v) is 4.78. The van der Waals surface area contributed by atoms with Gasteiger partial charge in [0.2, 0.25) is 0 Å². The van der Waals surface area contributed by atoms with E-state index in [1.165, 1.54) is 31.2 Å². The van der Waals surface area contributed by atoms with Crippen LogP contribution in [0.3, 0.4) is 0 Å². The summed E-state index contributed by atoms with van der Waals surface area (Å²) in [5, 5.41) is 7.68. The molecule has 0 radical (unpaired) electrons. The van der Waals surface area contributed by atoms with Gasteiger partial charge in [0.05, 0.1) is 6.20 Å². The third kappa shape index (κ3) is 3.32. The van der Waals surface area contributed by atoms with Gasteiger partial charge in [-0.3, -0.25) is 4.68 Å². The van der Waals surface area contributed by atoms with Crippen LogP contribution in [0.1, 0.15) is 37.3 Å². The summed E-state index contributed by atoms with van der Waals surface area (Å²) in [6.07, 6.45) is 9.46. The zero-order valence-corrected chi connectivity index (χ0v) is 10.0. The molecule has 1 aliphatic rings. The summed E-state index contributed by atoms with van der Waals surface area (Å²) in [6, 6.07) is 0.257. The molecule has 90 valence electrons. The minimum atomic E-state index is 0.257. The van der Waals surface area contributed by atoms with Crippen LogP contribution in [-0.4, -0.2) is 22.9 Å². The fourth-order valence-electron chi connectivity index (χ4n) is 2.03. The lowest BCUT2D eigenvalue weighted by Gasteiger charge is -2.14. The van der Waals surface area contributed by atoms with Crippen molar-refractivity contribution in [3.05, 3.63) is 18.0 Å². The first-order valence-corrected chi connectivity index (χ1v) is 6.21. The summed E-state index contributed by atoms with van der Waals surface area (Å²) in [4.78, 5) is 0. The Balaban J connectivity index is 1.71. The van der Waals surface area contributed by atoms with Crippen molar-refractivity contribution in [3.8, 4) is 0 Å². The lowest BCUT2D eigenvalue weighted by molar-refractivity contribution is 0.512. The molecule has 3 N–H and O–H groups in total. The average Bonchev–Trinajstić information content (AvgIpc) is 3.01. The first-order valence-electron chi connectivity index (χ1n) is 6.21. The fraction of sp³-hybridized carbons (Fsp3) is 0.750. The van der Waals surface area contributed by atoms with Crippen LogP contribution in [0.2, 0.25) is 0 Å². The normalized spacial score (nSPS) is 17.6. The molecule has 0 amide bonds. The van der Waals surface area contributed by atoms with Crippen LogP contribution in [-0.2, 0) is 7.05 Å². The van der Waals surface area contributed by atoms with Gasteiger partial charge in [-0.25, -0.2) is 0 Å². The number of aryl methyl sites for hydroxylation is 1. The Morgan fingerprint density at radius 3 is 3.00 bits per heavy atom. The van der Waals surface area contributed by atoms with Gasteiger partial charge in [0.15, 0.2) is 0 Å². The molecule has 0 saturated heterocycles. The van der Waals surface area contributed by atoms with Crippen LogP contribution in [0, 0.1) is 5.92 Å². The van der Waals surface area contributed by atoms with E-state index in [2.05, 4.69) is 10.4 Å². The maximum Gasteiger partial charge on any atom is 0.0538 e. The monoisotopic (exact) mass is 222 g/mol. The van der Waals surface area contributed by atoms with Gasteiger partial charge in [-0.2, -0.15) is 5.10 Å². The van der Waals surface area contributed by atoms with E-state index in [0.717, 1.165) is 12.5 Å². The van der Waals surface area contributed by atoms with Crippen molar-refractivity contribution in [3.63, 3.8) is 0 Å². The molecule has 1 fully saturated rings. The van der Waals surface area contributed by atoms with E-state index in [0.29, 0.717) is 6.54 Å². The molecule has 0 aromatic carbocycles. The highest BCUT2D eigenvalue weighted by molar-refractivity contribution is 5.10. The van der Waals surface area contributed by atoms with Gasteiger partial charge in [0.25, 0.3) is 0 Å². The highest BCUT2D eigenvalue weighted by Gasteiger charge is 2.20. The Morgan fingerprint density at radius 2 is 2.44 bits per heavy atom. The van der Waals surface area contributed by atoms with Crippen LogP contribution in [0.15, 0.2) is 12.4 Å². The van der Waals surface area contributed by atoms with Crippen molar-refractivity contribution >= 4 is 0 Å². The number of nitrogens with two attached hydrogens (primary N) is 1. The summed E-state index contributed by atoms with van der Waals surface area (Å²) in [7, 11) is 1.93. The highest BCUT2D eigenvalue weighted by atomic mass is 15.2. The molecule has 4 heteroatoms. The molecule has 1 unspecified atom stereocenters. The van der Waals surface area contributed by atoms with E-state index in [1.807, 2.05) is 24.1 Å².